The highest BCUT2D eigenvalue weighted by Gasteiger charge is 2.06. The van der Waals surface area contributed by atoms with E-state index in [0.717, 1.165) is 12.7 Å². The molecule has 1 unspecified atom stereocenters. The summed E-state index contributed by atoms with van der Waals surface area (Å²) in [6, 6.07) is 4.19. The fourth-order valence-corrected chi connectivity index (χ4v) is 2.21. The first-order valence-corrected chi connectivity index (χ1v) is 5.13. The zero-order valence-electron chi connectivity index (χ0n) is 7.54. The van der Waals surface area contributed by atoms with Crippen molar-refractivity contribution in [2.45, 2.75) is 32.6 Å². The average molecular weight is 182 g/mol. The highest BCUT2D eigenvalue weighted by molar-refractivity contribution is 7.12. The van der Waals surface area contributed by atoms with Gasteiger partial charge in [-0.15, -0.1) is 11.3 Å². The highest BCUT2D eigenvalue weighted by Crippen LogP contribution is 2.24. The van der Waals surface area contributed by atoms with E-state index in [9.17, 15) is 4.79 Å². The molecule has 0 aliphatic rings. The van der Waals surface area contributed by atoms with Crippen LogP contribution in [0.15, 0.2) is 12.1 Å². The van der Waals surface area contributed by atoms with Crippen LogP contribution in [0.1, 0.15) is 35.9 Å². The van der Waals surface area contributed by atoms with Gasteiger partial charge in [-0.05, 0) is 18.6 Å². The standard InChI is InChI=1S/C10H14OS/c1-3-4-9-5-6-10(12-9)8(2)7-11/h5-8H,3-4H2,1-2H3. The third kappa shape index (κ3) is 2.18. The maximum atomic E-state index is 10.5. The van der Waals surface area contributed by atoms with Gasteiger partial charge < -0.3 is 4.79 Å². The lowest BCUT2D eigenvalue weighted by atomic mass is 10.2. The minimum absolute atomic E-state index is 0.0700. The number of thiophene rings is 1. The first-order valence-electron chi connectivity index (χ1n) is 4.31. The molecule has 1 atom stereocenters. The van der Waals surface area contributed by atoms with E-state index in [4.69, 9.17) is 0 Å². The van der Waals surface area contributed by atoms with Gasteiger partial charge in [-0.1, -0.05) is 20.3 Å². The number of hydrogen-bond acceptors (Lipinski definition) is 2. The van der Waals surface area contributed by atoms with Crippen LogP contribution in [-0.2, 0) is 11.2 Å². The minimum Gasteiger partial charge on any atom is -0.303 e. The van der Waals surface area contributed by atoms with Gasteiger partial charge >= 0.3 is 0 Å². The molecule has 2 heteroatoms. The van der Waals surface area contributed by atoms with E-state index in [0.29, 0.717) is 0 Å². The van der Waals surface area contributed by atoms with Gasteiger partial charge in [0.15, 0.2) is 0 Å². The largest absolute Gasteiger partial charge is 0.303 e. The van der Waals surface area contributed by atoms with Crippen LogP contribution in [0.5, 0.6) is 0 Å². The smallest absolute Gasteiger partial charge is 0.127 e. The Labute approximate surface area is 77.4 Å². The van der Waals surface area contributed by atoms with Crippen molar-refractivity contribution in [3.05, 3.63) is 21.9 Å². The Morgan fingerprint density at radius 2 is 2.33 bits per heavy atom. The quantitative estimate of drug-likeness (QED) is 0.654. The van der Waals surface area contributed by atoms with Gasteiger partial charge in [0.25, 0.3) is 0 Å². The Kier molecular flexibility index (Phi) is 3.48. The molecule has 0 saturated carbocycles. The van der Waals surface area contributed by atoms with Gasteiger partial charge in [-0.3, -0.25) is 0 Å². The Bertz CT molecular complexity index is 252. The molecule has 1 heterocycles. The van der Waals surface area contributed by atoms with Gasteiger partial charge in [0.2, 0.25) is 0 Å². The predicted octanol–water partition coefficient (Wildman–Crippen LogP) is 3.00. The Balaban J connectivity index is 2.69. The summed E-state index contributed by atoms with van der Waals surface area (Å²) in [5.74, 6) is 0.0700. The Hall–Kier alpha value is -0.630. The molecule has 1 aromatic heterocycles. The zero-order valence-corrected chi connectivity index (χ0v) is 8.36. The topological polar surface area (TPSA) is 17.1 Å². The van der Waals surface area contributed by atoms with Crippen LogP contribution >= 0.6 is 11.3 Å². The molecule has 0 amide bonds. The number of carbonyl (C=O) groups excluding carboxylic acids is 1. The van der Waals surface area contributed by atoms with Crippen molar-refractivity contribution in [2.75, 3.05) is 0 Å². The molecule has 0 bridgehead atoms. The lowest BCUT2D eigenvalue weighted by Gasteiger charge is -1.96. The van der Waals surface area contributed by atoms with Crippen molar-refractivity contribution in [2.24, 2.45) is 0 Å². The normalized spacial score (nSPS) is 12.8. The van der Waals surface area contributed by atoms with Crippen LogP contribution in [0.4, 0.5) is 0 Å². The van der Waals surface area contributed by atoms with Crippen molar-refractivity contribution in [3.8, 4) is 0 Å². The summed E-state index contributed by atoms with van der Waals surface area (Å²) >= 11 is 1.76. The third-order valence-corrected chi connectivity index (χ3v) is 3.18. The summed E-state index contributed by atoms with van der Waals surface area (Å²) in [7, 11) is 0. The van der Waals surface area contributed by atoms with E-state index < -0.39 is 0 Å². The number of rotatable bonds is 4. The van der Waals surface area contributed by atoms with E-state index in [-0.39, 0.29) is 5.92 Å². The van der Waals surface area contributed by atoms with E-state index in [2.05, 4.69) is 19.1 Å². The van der Waals surface area contributed by atoms with Crippen molar-refractivity contribution in [1.82, 2.24) is 0 Å². The van der Waals surface area contributed by atoms with E-state index in [1.165, 1.54) is 16.2 Å². The molecule has 0 saturated heterocycles. The maximum absolute atomic E-state index is 10.5. The maximum Gasteiger partial charge on any atom is 0.127 e. The molecule has 1 rings (SSSR count). The highest BCUT2D eigenvalue weighted by atomic mass is 32.1. The Morgan fingerprint density at radius 3 is 2.92 bits per heavy atom. The first-order chi connectivity index (χ1) is 5.77. The fourth-order valence-electron chi connectivity index (χ4n) is 1.09. The van der Waals surface area contributed by atoms with Crippen LogP contribution in [0.2, 0.25) is 0 Å². The average Bonchev–Trinajstić information content (AvgIpc) is 2.52. The summed E-state index contributed by atoms with van der Waals surface area (Å²) in [4.78, 5) is 13.1. The molecule has 0 aliphatic carbocycles. The molecular weight excluding hydrogens is 168 g/mol. The van der Waals surface area contributed by atoms with Gasteiger partial charge in [0.1, 0.15) is 6.29 Å². The van der Waals surface area contributed by atoms with Gasteiger partial charge in [0.05, 0.1) is 0 Å². The second-order valence-electron chi connectivity index (χ2n) is 2.98. The molecule has 12 heavy (non-hydrogen) atoms. The lowest BCUT2D eigenvalue weighted by molar-refractivity contribution is -0.108. The predicted molar refractivity (Wildman–Crippen MR) is 52.8 cm³/mol. The van der Waals surface area contributed by atoms with Gasteiger partial charge in [-0.25, -0.2) is 0 Å². The number of aryl methyl sites for hydroxylation is 1. The summed E-state index contributed by atoms with van der Waals surface area (Å²) < 4.78 is 0. The summed E-state index contributed by atoms with van der Waals surface area (Å²) in [5.41, 5.74) is 0. The second-order valence-corrected chi connectivity index (χ2v) is 4.18. The van der Waals surface area contributed by atoms with E-state index >= 15 is 0 Å². The molecule has 1 aromatic rings. The Morgan fingerprint density at radius 1 is 1.58 bits per heavy atom. The molecule has 0 aromatic carbocycles. The lowest BCUT2D eigenvalue weighted by Crippen LogP contribution is -1.88. The van der Waals surface area contributed by atoms with Crippen molar-refractivity contribution < 1.29 is 4.79 Å². The van der Waals surface area contributed by atoms with Crippen molar-refractivity contribution >= 4 is 17.6 Å². The first kappa shape index (κ1) is 9.46. The second kappa shape index (κ2) is 4.41. The minimum atomic E-state index is 0.0700. The molecule has 1 nitrogen and oxygen atoms in total. The number of carbonyl (C=O) groups is 1. The van der Waals surface area contributed by atoms with Crippen LogP contribution in [0.3, 0.4) is 0 Å². The van der Waals surface area contributed by atoms with Crippen LogP contribution in [0.25, 0.3) is 0 Å². The molecule has 0 N–H and O–H groups in total. The molecule has 0 radical (unpaired) electrons. The van der Waals surface area contributed by atoms with Gasteiger partial charge in [-0.2, -0.15) is 0 Å². The van der Waals surface area contributed by atoms with Crippen LogP contribution in [0, 0.1) is 0 Å². The molecular formula is C10H14OS. The van der Waals surface area contributed by atoms with Crippen molar-refractivity contribution in [3.63, 3.8) is 0 Å². The molecule has 0 aliphatic heterocycles. The third-order valence-electron chi connectivity index (χ3n) is 1.83. The number of hydrogen-bond donors (Lipinski definition) is 0. The van der Waals surface area contributed by atoms with Crippen LogP contribution < -0.4 is 0 Å². The van der Waals surface area contributed by atoms with E-state index in [1.807, 2.05) is 6.92 Å². The summed E-state index contributed by atoms with van der Waals surface area (Å²) in [6.45, 7) is 4.11. The van der Waals surface area contributed by atoms with Gasteiger partial charge in [0, 0.05) is 15.7 Å². The van der Waals surface area contributed by atoms with Crippen LogP contribution in [-0.4, -0.2) is 6.29 Å². The summed E-state index contributed by atoms with van der Waals surface area (Å²) in [5, 5.41) is 0. The SMILES string of the molecule is CCCc1ccc(C(C)C=O)s1. The number of aldehydes is 1. The molecule has 66 valence electrons. The molecule has 0 spiro atoms. The van der Waals surface area contributed by atoms with E-state index in [1.54, 1.807) is 11.3 Å². The zero-order chi connectivity index (χ0) is 8.97. The van der Waals surface area contributed by atoms with Crippen molar-refractivity contribution in [1.29, 1.82) is 0 Å². The monoisotopic (exact) mass is 182 g/mol. The molecule has 0 fully saturated rings. The fraction of sp³-hybridized carbons (Fsp3) is 0.500. The summed E-state index contributed by atoms with van der Waals surface area (Å²) in [6.07, 6.45) is 3.31.